The fourth-order valence-electron chi connectivity index (χ4n) is 3.38. The number of halogens is 2. The smallest absolute Gasteiger partial charge is 0.241 e. The largest absolute Gasteiger partial charge is 0.382 e. The van der Waals surface area contributed by atoms with Gasteiger partial charge in [0.15, 0.2) is 5.82 Å². The maximum atomic E-state index is 12.7. The number of likely N-dealkylation sites (N-methyl/N-ethyl adjacent to an activating group) is 1. The van der Waals surface area contributed by atoms with Gasteiger partial charge in [0.05, 0.1) is 6.54 Å². The topological polar surface area (TPSA) is 111 Å². The van der Waals surface area contributed by atoms with Crippen LogP contribution in [-0.2, 0) is 4.79 Å². The van der Waals surface area contributed by atoms with Gasteiger partial charge in [-0.3, -0.25) is 4.79 Å². The quantitative estimate of drug-likeness (QED) is 0.745. The highest BCUT2D eigenvalue weighted by Gasteiger charge is 2.28. The van der Waals surface area contributed by atoms with Crippen LogP contribution in [0.15, 0.2) is 24.5 Å². The van der Waals surface area contributed by atoms with Crippen molar-refractivity contribution < 1.29 is 4.79 Å². The maximum absolute atomic E-state index is 12.7. The zero-order valence-corrected chi connectivity index (χ0v) is 17.4. The first-order valence-corrected chi connectivity index (χ1v) is 9.85. The highest BCUT2D eigenvalue weighted by atomic mass is 35.5. The van der Waals surface area contributed by atoms with Crippen LogP contribution in [0.2, 0.25) is 10.0 Å². The molecule has 29 heavy (non-hydrogen) atoms. The van der Waals surface area contributed by atoms with Gasteiger partial charge in [-0.15, -0.1) is 0 Å². The number of nitriles is 1. The van der Waals surface area contributed by atoms with Crippen molar-refractivity contribution in [2.75, 3.05) is 42.6 Å². The molecule has 1 atom stereocenters. The van der Waals surface area contributed by atoms with Gasteiger partial charge in [-0.2, -0.15) is 5.26 Å². The first-order chi connectivity index (χ1) is 13.9. The zero-order valence-electron chi connectivity index (χ0n) is 15.9. The van der Waals surface area contributed by atoms with Crippen LogP contribution in [0.5, 0.6) is 0 Å². The second kappa shape index (κ2) is 9.16. The molecule has 1 fully saturated rings. The summed E-state index contributed by atoms with van der Waals surface area (Å²) in [6.45, 7) is 1.34. The highest BCUT2D eigenvalue weighted by Crippen LogP contribution is 2.25. The van der Waals surface area contributed by atoms with Gasteiger partial charge < -0.3 is 20.9 Å². The Morgan fingerprint density at radius 1 is 1.38 bits per heavy atom. The molecule has 0 saturated carbocycles. The van der Waals surface area contributed by atoms with Crippen molar-refractivity contribution in [3.8, 4) is 6.07 Å². The van der Waals surface area contributed by atoms with Gasteiger partial charge in [0.1, 0.15) is 23.8 Å². The number of hydrogen-bond donors (Lipinski definition) is 2. The number of nitrogen functional groups attached to an aromatic ring is 1. The van der Waals surface area contributed by atoms with E-state index in [0.29, 0.717) is 34.6 Å². The minimum absolute atomic E-state index is 0.0229. The molecule has 0 bridgehead atoms. The van der Waals surface area contributed by atoms with E-state index in [1.165, 1.54) is 6.33 Å². The van der Waals surface area contributed by atoms with E-state index < -0.39 is 0 Å². The number of rotatable bonds is 5. The Hall–Kier alpha value is -2.76. The number of aromatic nitrogens is 2. The Labute approximate surface area is 179 Å². The molecule has 0 aliphatic carbocycles. The fraction of sp³-hybridized carbons (Fsp3) is 0.368. The summed E-state index contributed by atoms with van der Waals surface area (Å²) in [5.74, 6) is 0.602. The summed E-state index contributed by atoms with van der Waals surface area (Å²) in [4.78, 5) is 24.5. The minimum Gasteiger partial charge on any atom is -0.382 e. The summed E-state index contributed by atoms with van der Waals surface area (Å²) in [6.07, 6.45) is 3.08. The van der Waals surface area contributed by atoms with Crippen LogP contribution < -0.4 is 16.0 Å². The number of piperidine rings is 1. The molecule has 1 aromatic carbocycles. The average molecular weight is 434 g/mol. The number of nitrogens with one attached hydrogen (secondary N) is 1. The van der Waals surface area contributed by atoms with E-state index in [-0.39, 0.29) is 29.9 Å². The molecule has 3 rings (SSSR count). The Morgan fingerprint density at radius 3 is 2.79 bits per heavy atom. The van der Waals surface area contributed by atoms with Crippen LogP contribution in [0.3, 0.4) is 0 Å². The first-order valence-electron chi connectivity index (χ1n) is 9.10. The number of amides is 1. The summed E-state index contributed by atoms with van der Waals surface area (Å²) in [6, 6.07) is 7.16. The number of benzene rings is 1. The first kappa shape index (κ1) is 21.0. The van der Waals surface area contributed by atoms with Crippen LogP contribution in [0.4, 0.5) is 17.3 Å². The fourth-order valence-corrected chi connectivity index (χ4v) is 3.91. The third-order valence-corrected chi connectivity index (χ3v) is 5.34. The van der Waals surface area contributed by atoms with E-state index in [4.69, 9.17) is 28.9 Å². The molecular weight excluding hydrogens is 413 g/mol. The maximum Gasteiger partial charge on any atom is 0.241 e. The van der Waals surface area contributed by atoms with E-state index in [1.54, 1.807) is 23.1 Å². The van der Waals surface area contributed by atoms with Gasteiger partial charge >= 0.3 is 0 Å². The Kier molecular flexibility index (Phi) is 6.62. The van der Waals surface area contributed by atoms with Gasteiger partial charge in [-0.1, -0.05) is 23.2 Å². The number of nitrogens with two attached hydrogens (primary N) is 1. The number of likely N-dealkylation sites (tertiary alicyclic amines) is 1. The standard InChI is InChI=1S/C19H21Cl2N7O/c1-27(19-16(8-22)18(23)25-11-26-19)15-3-2-4-28(10-15)17(29)9-24-14-6-12(20)5-13(21)7-14/h5-7,11,15,24H,2-4,9-10H2,1H3,(H2,23,25,26). The van der Waals surface area contributed by atoms with Crippen molar-refractivity contribution in [2.45, 2.75) is 18.9 Å². The van der Waals surface area contributed by atoms with E-state index in [0.717, 1.165) is 12.8 Å². The van der Waals surface area contributed by atoms with Crippen molar-refractivity contribution in [3.63, 3.8) is 0 Å². The highest BCUT2D eigenvalue weighted by molar-refractivity contribution is 6.35. The van der Waals surface area contributed by atoms with Crippen LogP contribution in [-0.4, -0.2) is 53.5 Å². The average Bonchev–Trinajstić information content (AvgIpc) is 2.70. The lowest BCUT2D eigenvalue weighted by Crippen LogP contribution is -2.50. The number of nitrogens with zero attached hydrogens (tertiary/aromatic N) is 5. The van der Waals surface area contributed by atoms with Crippen molar-refractivity contribution in [1.29, 1.82) is 5.26 Å². The second-order valence-corrected chi connectivity index (χ2v) is 7.70. The molecule has 3 N–H and O–H groups in total. The summed E-state index contributed by atoms with van der Waals surface area (Å²) in [5, 5.41) is 13.5. The van der Waals surface area contributed by atoms with Gasteiger partial charge in [-0.05, 0) is 31.0 Å². The molecule has 10 heteroatoms. The van der Waals surface area contributed by atoms with Crippen LogP contribution in [0, 0.1) is 11.3 Å². The van der Waals surface area contributed by atoms with E-state index in [1.807, 2.05) is 11.9 Å². The van der Waals surface area contributed by atoms with Gasteiger partial charge in [0.25, 0.3) is 0 Å². The number of hydrogen-bond acceptors (Lipinski definition) is 7. The predicted octanol–water partition coefficient (Wildman–Crippen LogP) is 2.78. The van der Waals surface area contributed by atoms with E-state index in [9.17, 15) is 10.1 Å². The predicted molar refractivity (Wildman–Crippen MR) is 114 cm³/mol. The third-order valence-electron chi connectivity index (χ3n) is 4.91. The Balaban J connectivity index is 1.65. The molecule has 1 unspecified atom stereocenters. The molecule has 8 nitrogen and oxygen atoms in total. The molecular formula is C19H21Cl2N7O. The molecule has 152 valence electrons. The molecule has 0 radical (unpaired) electrons. The lowest BCUT2D eigenvalue weighted by molar-refractivity contribution is -0.130. The molecule has 1 aliphatic heterocycles. The van der Waals surface area contributed by atoms with Gasteiger partial charge in [0, 0.05) is 41.9 Å². The third kappa shape index (κ3) is 5.00. The van der Waals surface area contributed by atoms with Crippen molar-refractivity contribution in [2.24, 2.45) is 0 Å². The summed E-state index contributed by atoms with van der Waals surface area (Å²) in [5.41, 5.74) is 6.74. The van der Waals surface area contributed by atoms with Gasteiger partial charge in [0.2, 0.25) is 5.91 Å². The van der Waals surface area contributed by atoms with Crippen LogP contribution >= 0.6 is 23.2 Å². The molecule has 1 aliphatic rings. The Bertz CT molecular complexity index is 926. The van der Waals surface area contributed by atoms with Crippen molar-refractivity contribution in [1.82, 2.24) is 14.9 Å². The molecule has 1 saturated heterocycles. The summed E-state index contributed by atoms with van der Waals surface area (Å²) < 4.78 is 0. The van der Waals surface area contributed by atoms with Crippen molar-refractivity contribution in [3.05, 3.63) is 40.1 Å². The number of carbonyl (C=O) groups excluding carboxylic acids is 1. The van der Waals surface area contributed by atoms with E-state index in [2.05, 4.69) is 21.4 Å². The molecule has 1 aromatic heterocycles. The van der Waals surface area contributed by atoms with Crippen LogP contribution in [0.1, 0.15) is 18.4 Å². The second-order valence-electron chi connectivity index (χ2n) is 6.83. The van der Waals surface area contributed by atoms with Crippen molar-refractivity contribution >= 4 is 46.4 Å². The number of anilines is 3. The normalized spacial score (nSPS) is 16.2. The van der Waals surface area contributed by atoms with Gasteiger partial charge in [-0.25, -0.2) is 9.97 Å². The lowest BCUT2D eigenvalue weighted by Gasteiger charge is -2.38. The lowest BCUT2D eigenvalue weighted by atomic mass is 10.0. The Morgan fingerprint density at radius 2 is 2.10 bits per heavy atom. The minimum atomic E-state index is -0.0260. The van der Waals surface area contributed by atoms with Crippen LogP contribution in [0.25, 0.3) is 0 Å². The zero-order chi connectivity index (χ0) is 21.0. The molecule has 2 heterocycles. The molecule has 1 amide bonds. The molecule has 0 spiro atoms. The molecule has 2 aromatic rings. The summed E-state index contributed by atoms with van der Waals surface area (Å²) in [7, 11) is 1.85. The SMILES string of the molecule is CN(c1ncnc(N)c1C#N)C1CCCN(C(=O)CNc2cc(Cl)cc(Cl)c2)C1. The number of carbonyl (C=O) groups is 1. The summed E-state index contributed by atoms with van der Waals surface area (Å²) >= 11 is 12.0. The monoisotopic (exact) mass is 433 g/mol. The van der Waals surface area contributed by atoms with E-state index >= 15 is 0 Å².